The van der Waals surface area contributed by atoms with Gasteiger partial charge in [-0.15, -0.1) is 0 Å². The van der Waals surface area contributed by atoms with Crippen LogP contribution < -0.4 is 0 Å². The predicted octanol–water partition coefficient (Wildman–Crippen LogP) is 1.87. The summed E-state index contributed by atoms with van der Waals surface area (Å²) in [5, 5.41) is 10.0. The molecule has 0 saturated carbocycles. The highest BCUT2D eigenvalue weighted by Gasteiger charge is 2.09. The maximum Gasteiger partial charge on any atom is 0.106 e. The fourth-order valence-corrected chi connectivity index (χ4v) is 1.47. The first kappa shape index (κ1) is 9.80. The van der Waals surface area contributed by atoms with Crippen molar-refractivity contribution in [2.24, 2.45) is 0 Å². The molecule has 2 aromatic rings. The van der Waals surface area contributed by atoms with Gasteiger partial charge in [0.05, 0.1) is 0 Å². The number of hydrogen-bond donors (Lipinski definition) is 1. The van der Waals surface area contributed by atoms with Crippen molar-refractivity contribution in [1.29, 1.82) is 0 Å². The Morgan fingerprint density at radius 1 is 1.20 bits per heavy atom. The summed E-state index contributed by atoms with van der Waals surface area (Å²) in [5.74, 6) is 0. The highest BCUT2D eigenvalue weighted by molar-refractivity contribution is 5.27. The lowest BCUT2D eigenvalue weighted by atomic mass is 10.0. The molecule has 76 valence electrons. The molecular weight excluding hydrogens is 188 g/mol. The zero-order valence-corrected chi connectivity index (χ0v) is 8.46. The topological polar surface area (TPSA) is 46.0 Å². The van der Waals surface area contributed by atoms with Crippen LogP contribution >= 0.6 is 0 Å². The molecule has 3 heteroatoms. The number of aryl methyl sites for hydroxylation is 1. The number of aromatic nitrogens is 2. The average Bonchev–Trinajstić information content (AvgIpc) is 2.29. The van der Waals surface area contributed by atoms with Gasteiger partial charge in [-0.25, -0.2) is 0 Å². The fraction of sp³-hybridized carbons (Fsp3) is 0.167. The SMILES string of the molecule is Cc1cc(C(O)c2cccnc2)ccn1. The van der Waals surface area contributed by atoms with E-state index in [2.05, 4.69) is 9.97 Å². The molecule has 3 nitrogen and oxygen atoms in total. The second-order valence-electron chi connectivity index (χ2n) is 3.42. The van der Waals surface area contributed by atoms with Crippen LogP contribution in [0.15, 0.2) is 42.9 Å². The third-order valence-electron chi connectivity index (χ3n) is 2.24. The molecule has 0 aliphatic rings. The van der Waals surface area contributed by atoms with Crippen LogP contribution in [-0.2, 0) is 0 Å². The predicted molar refractivity (Wildman–Crippen MR) is 57.3 cm³/mol. The van der Waals surface area contributed by atoms with E-state index in [1.54, 1.807) is 18.6 Å². The van der Waals surface area contributed by atoms with Gasteiger partial charge in [0.2, 0.25) is 0 Å². The summed E-state index contributed by atoms with van der Waals surface area (Å²) < 4.78 is 0. The molecule has 0 bridgehead atoms. The molecule has 0 spiro atoms. The average molecular weight is 200 g/mol. The first-order valence-electron chi connectivity index (χ1n) is 4.78. The van der Waals surface area contributed by atoms with Gasteiger partial charge in [0.25, 0.3) is 0 Å². The van der Waals surface area contributed by atoms with Crippen molar-refractivity contribution in [3.8, 4) is 0 Å². The van der Waals surface area contributed by atoms with E-state index in [1.807, 2.05) is 31.2 Å². The molecule has 0 aliphatic carbocycles. The highest BCUT2D eigenvalue weighted by atomic mass is 16.3. The van der Waals surface area contributed by atoms with Gasteiger partial charge in [-0.1, -0.05) is 6.07 Å². The second kappa shape index (κ2) is 4.19. The van der Waals surface area contributed by atoms with Crippen LogP contribution in [0.5, 0.6) is 0 Å². The number of hydrogen-bond acceptors (Lipinski definition) is 3. The van der Waals surface area contributed by atoms with Crippen molar-refractivity contribution >= 4 is 0 Å². The molecule has 0 aliphatic heterocycles. The third kappa shape index (κ3) is 2.19. The Morgan fingerprint density at radius 3 is 2.73 bits per heavy atom. The zero-order valence-electron chi connectivity index (χ0n) is 8.46. The molecule has 0 saturated heterocycles. The van der Waals surface area contributed by atoms with Crippen molar-refractivity contribution in [3.05, 3.63) is 59.7 Å². The molecule has 1 atom stereocenters. The van der Waals surface area contributed by atoms with Crippen molar-refractivity contribution < 1.29 is 5.11 Å². The molecule has 1 N–H and O–H groups in total. The number of aliphatic hydroxyl groups excluding tert-OH is 1. The van der Waals surface area contributed by atoms with Gasteiger partial charge < -0.3 is 5.11 Å². The van der Waals surface area contributed by atoms with E-state index in [4.69, 9.17) is 0 Å². The van der Waals surface area contributed by atoms with Crippen LogP contribution in [0.25, 0.3) is 0 Å². The van der Waals surface area contributed by atoms with Crippen molar-refractivity contribution in [2.45, 2.75) is 13.0 Å². The van der Waals surface area contributed by atoms with E-state index in [0.717, 1.165) is 16.8 Å². The van der Waals surface area contributed by atoms with E-state index in [-0.39, 0.29) is 0 Å². The molecule has 2 aromatic heterocycles. The molecule has 0 aromatic carbocycles. The number of nitrogens with zero attached hydrogens (tertiary/aromatic N) is 2. The summed E-state index contributed by atoms with van der Waals surface area (Å²) in [4.78, 5) is 8.07. The summed E-state index contributed by atoms with van der Waals surface area (Å²) in [7, 11) is 0. The van der Waals surface area contributed by atoms with Crippen LogP contribution in [-0.4, -0.2) is 15.1 Å². The van der Waals surface area contributed by atoms with Gasteiger partial charge in [0, 0.05) is 29.8 Å². The molecule has 0 amide bonds. The third-order valence-corrected chi connectivity index (χ3v) is 2.24. The minimum atomic E-state index is -0.625. The quantitative estimate of drug-likeness (QED) is 0.804. The molecule has 15 heavy (non-hydrogen) atoms. The monoisotopic (exact) mass is 200 g/mol. The summed E-state index contributed by atoms with van der Waals surface area (Å²) in [6.07, 6.45) is 4.43. The molecule has 2 rings (SSSR count). The Bertz CT molecular complexity index is 442. The lowest BCUT2D eigenvalue weighted by molar-refractivity contribution is 0.219. The summed E-state index contributed by atoms with van der Waals surface area (Å²) in [5.41, 5.74) is 2.54. The van der Waals surface area contributed by atoms with Gasteiger partial charge in [-0.05, 0) is 30.7 Å². The van der Waals surface area contributed by atoms with Crippen LogP contribution in [0.1, 0.15) is 22.9 Å². The standard InChI is InChI=1S/C12H12N2O/c1-9-7-10(4-6-14-9)12(15)11-3-2-5-13-8-11/h2-8,12,15H,1H3. The Kier molecular flexibility index (Phi) is 2.74. The Morgan fingerprint density at radius 2 is 2.07 bits per heavy atom. The van der Waals surface area contributed by atoms with E-state index < -0.39 is 6.10 Å². The molecule has 1 unspecified atom stereocenters. The first-order valence-corrected chi connectivity index (χ1v) is 4.78. The smallest absolute Gasteiger partial charge is 0.106 e. The maximum absolute atomic E-state index is 10.0. The van der Waals surface area contributed by atoms with Crippen LogP contribution in [0.2, 0.25) is 0 Å². The summed E-state index contributed by atoms with van der Waals surface area (Å²) >= 11 is 0. The van der Waals surface area contributed by atoms with Gasteiger partial charge >= 0.3 is 0 Å². The maximum atomic E-state index is 10.0. The van der Waals surface area contributed by atoms with Crippen molar-refractivity contribution in [3.63, 3.8) is 0 Å². The Labute approximate surface area is 88.5 Å². The van der Waals surface area contributed by atoms with E-state index in [1.165, 1.54) is 0 Å². The normalized spacial score (nSPS) is 12.4. The van der Waals surface area contributed by atoms with E-state index >= 15 is 0 Å². The highest BCUT2D eigenvalue weighted by Crippen LogP contribution is 2.20. The lowest BCUT2D eigenvalue weighted by Gasteiger charge is -2.10. The van der Waals surface area contributed by atoms with Gasteiger partial charge in [-0.3, -0.25) is 9.97 Å². The lowest BCUT2D eigenvalue weighted by Crippen LogP contribution is -2.00. The largest absolute Gasteiger partial charge is 0.384 e. The molecule has 0 fully saturated rings. The number of aliphatic hydroxyl groups is 1. The molecule has 0 radical (unpaired) electrons. The van der Waals surface area contributed by atoms with Crippen molar-refractivity contribution in [2.75, 3.05) is 0 Å². The molecular formula is C12H12N2O. The van der Waals surface area contributed by atoms with Crippen LogP contribution in [0.4, 0.5) is 0 Å². The van der Waals surface area contributed by atoms with Crippen molar-refractivity contribution in [1.82, 2.24) is 9.97 Å². The van der Waals surface area contributed by atoms with Crippen LogP contribution in [0.3, 0.4) is 0 Å². The van der Waals surface area contributed by atoms with Gasteiger partial charge in [-0.2, -0.15) is 0 Å². The summed E-state index contributed by atoms with van der Waals surface area (Å²) in [6.45, 7) is 1.90. The van der Waals surface area contributed by atoms with Gasteiger partial charge in [0.15, 0.2) is 0 Å². The minimum absolute atomic E-state index is 0.625. The summed E-state index contributed by atoms with van der Waals surface area (Å²) in [6, 6.07) is 7.35. The number of rotatable bonds is 2. The fourth-order valence-electron chi connectivity index (χ4n) is 1.47. The van der Waals surface area contributed by atoms with E-state index in [0.29, 0.717) is 0 Å². The Hall–Kier alpha value is -1.74. The zero-order chi connectivity index (χ0) is 10.7. The van der Waals surface area contributed by atoms with Crippen LogP contribution in [0, 0.1) is 6.92 Å². The molecule has 2 heterocycles. The Balaban J connectivity index is 2.32. The van der Waals surface area contributed by atoms with E-state index in [9.17, 15) is 5.11 Å². The first-order chi connectivity index (χ1) is 7.27. The minimum Gasteiger partial charge on any atom is -0.384 e. The van der Waals surface area contributed by atoms with Gasteiger partial charge in [0.1, 0.15) is 6.10 Å². The second-order valence-corrected chi connectivity index (χ2v) is 3.42. The number of pyridine rings is 2.